The minimum Gasteiger partial charge on any atom is -0.351 e. The van der Waals surface area contributed by atoms with Gasteiger partial charge >= 0.3 is 0 Å². The fourth-order valence-electron chi connectivity index (χ4n) is 1.38. The van der Waals surface area contributed by atoms with E-state index in [4.69, 9.17) is 5.84 Å². The van der Waals surface area contributed by atoms with E-state index in [1.807, 2.05) is 24.3 Å². The van der Waals surface area contributed by atoms with E-state index in [1.165, 1.54) is 5.56 Å². The fourth-order valence-corrected chi connectivity index (χ4v) is 1.38. The van der Waals surface area contributed by atoms with Gasteiger partial charge in [0.2, 0.25) is 0 Å². The van der Waals surface area contributed by atoms with Crippen molar-refractivity contribution in [2.75, 3.05) is 20.1 Å². The quantitative estimate of drug-likeness (QED) is 0.571. The molecule has 1 rings (SSSR count). The molecular formula is C12H19N3O. The molecule has 88 valence electrons. The summed E-state index contributed by atoms with van der Waals surface area (Å²) >= 11 is 0. The molecule has 3 N–H and O–H groups in total. The Hall–Kier alpha value is -1.39. The molecule has 0 atom stereocenters. The summed E-state index contributed by atoms with van der Waals surface area (Å²) in [5, 5.41) is 4.37. The molecule has 0 radical (unpaired) electrons. The standard InChI is InChI=1S/C12H19N3O/c1-3-10-5-4-6-11(9-10)12(16)14-7-8-15(2)13/h4-6,9H,3,7-8,13H2,1-2H3,(H,14,16). The lowest BCUT2D eigenvalue weighted by Crippen LogP contribution is -2.36. The van der Waals surface area contributed by atoms with E-state index in [2.05, 4.69) is 12.2 Å². The summed E-state index contributed by atoms with van der Waals surface area (Å²) in [6.07, 6.45) is 0.937. The second kappa shape index (κ2) is 6.25. The van der Waals surface area contributed by atoms with E-state index in [0.29, 0.717) is 18.7 Å². The molecule has 1 amide bonds. The highest BCUT2D eigenvalue weighted by molar-refractivity contribution is 5.94. The Morgan fingerprint density at radius 3 is 2.88 bits per heavy atom. The van der Waals surface area contributed by atoms with Crippen LogP contribution in [-0.2, 0) is 6.42 Å². The van der Waals surface area contributed by atoms with Gasteiger partial charge in [0.1, 0.15) is 0 Å². The highest BCUT2D eigenvalue weighted by atomic mass is 16.1. The molecule has 0 aliphatic rings. The maximum absolute atomic E-state index is 11.7. The first kappa shape index (κ1) is 12.7. The van der Waals surface area contributed by atoms with Crippen LogP contribution in [0.15, 0.2) is 24.3 Å². The second-order valence-electron chi connectivity index (χ2n) is 3.79. The van der Waals surface area contributed by atoms with Gasteiger partial charge in [-0.1, -0.05) is 19.1 Å². The van der Waals surface area contributed by atoms with Crippen molar-refractivity contribution in [3.63, 3.8) is 0 Å². The van der Waals surface area contributed by atoms with Crippen LogP contribution in [0.3, 0.4) is 0 Å². The molecule has 1 aromatic carbocycles. The fraction of sp³-hybridized carbons (Fsp3) is 0.417. The van der Waals surface area contributed by atoms with Crippen molar-refractivity contribution in [3.8, 4) is 0 Å². The molecule has 4 heteroatoms. The van der Waals surface area contributed by atoms with Crippen molar-refractivity contribution in [1.82, 2.24) is 10.3 Å². The van der Waals surface area contributed by atoms with Crippen LogP contribution in [0, 0.1) is 0 Å². The lowest BCUT2D eigenvalue weighted by molar-refractivity contribution is 0.0950. The zero-order chi connectivity index (χ0) is 12.0. The van der Waals surface area contributed by atoms with Gasteiger partial charge in [0.05, 0.1) is 0 Å². The molecular weight excluding hydrogens is 202 g/mol. The number of rotatable bonds is 5. The maximum Gasteiger partial charge on any atom is 0.251 e. The van der Waals surface area contributed by atoms with Crippen molar-refractivity contribution < 1.29 is 4.79 Å². The van der Waals surface area contributed by atoms with Gasteiger partial charge in [0.25, 0.3) is 5.91 Å². The van der Waals surface area contributed by atoms with Crippen LogP contribution in [0.4, 0.5) is 0 Å². The summed E-state index contributed by atoms with van der Waals surface area (Å²) in [6.45, 7) is 3.27. The van der Waals surface area contributed by atoms with Gasteiger partial charge in [0, 0.05) is 25.7 Å². The highest BCUT2D eigenvalue weighted by Crippen LogP contribution is 2.05. The summed E-state index contributed by atoms with van der Waals surface area (Å²) in [7, 11) is 1.77. The van der Waals surface area contributed by atoms with E-state index < -0.39 is 0 Å². The molecule has 0 aliphatic heterocycles. The predicted octanol–water partition coefficient (Wildman–Crippen LogP) is 0.784. The molecule has 16 heavy (non-hydrogen) atoms. The van der Waals surface area contributed by atoms with Crippen LogP contribution in [0.25, 0.3) is 0 Å². The van der Waals surface area contributed by atoms with E-state index >= 15 is 0 Å². The Bertz CT molecular complexity index is 350. The lowest BCUT2D eigenvalue weighted by atomic mass is 10.1. The zero-order valence-corrected chi connectivity index (χ0v) is 9.86. The van der Waals surface area contributed by atoms with E-state index in [-0.39, 0.29) is 5.91 Å². The molecule has 0 fully saturated rings. The number of carbonyl (C=O) groups is 1. The first-order valence-corrected chi connectivity index (χ1v) is 5.46. The van der Waals surface area contributed by atoms with Gasteiger partial charge in [-0.3, -0.25) is 10.6 Å². The summed E-state index contributed by atoms with van der Waals surface area (Å²) in [4.78, 5) is 11.7. The second-order valence-corrected chi connectivity index (χ2v) is 3.79. The molecule has 4 nitrogen and oxygen atoms in total. The Morgan fingerprint density at radius 1 is 1.50 bits per heavy atom. The van der Waals surface area contributed by atoms with Gasteiger partial charge in [-0.25, -0.2) is 5.01 Å². The number of nitrogens with zero attached hydrogens (tertiary/aromatic N) is 1. The number of hydrogen-bond donors (Lipinski definition) is 2. The van der Waals surface area contributed by atoms with Gasteiger partial charge in [0.15, 0.2) is 0 Å². The third kappa shape index (κ3) is 4.00. The number of likely N-dealkylation sites (N-methyl/N-ethyl adjacent to an activating group) is 1. The van der Waals surface area contributed by atoms with Crippen LogP contribution in [0.1, 0.15) is 22.8 Å². The normalized spacial score (nSPS) is 10.5. The van der Waals surface area contributed by atoms with Crippen molar-refractivity contribution in [3.05, 3.63) is 35.4 Å². The summed E-state index contributed by atoms with van der Waals surface area (Å²) in [5.41, 5.74) is 1.88. The first-order valence-electron chi connectivity index (χ1n) is 5.46. The Labute approximate surface area is 96.4 Å². The van der Waals surface area contributed by atoms with Crippen LogP contribution in [0.5, 0.6) is 0 Å². The number of nitrogens with one attached hydrogen (secondary N) is 1. The van der Waals surface area contributed by atoms with Crippen LogP contribution >= 0.6 is 0 Å². The van der Waals surface area contributed by atoms with Crippen LogP contribution in [-0.4, -0.2) is 31.1 Å². The van der Waals surface area contributed by atoms with Gasteiger partial charge in [-0.2, -0.15) is 0 Å². The van der Waals surface area contributed by atoms with Gasteiger partial charge in [-0.05, 0) is 24.1 Å². The number of carbonyl (C=O) groups excluding carboxylic acids is 1. The predicted molar refractivity (Wildman–Crippen MR) is 65.0 cm³/mol. The smallest absolute Gasteiger partial charge is 0.251 e. The molecule has 0 saturated heterocycles. The summed E-state index contributed by atoms with van der Waals surface area (Å²) in [6, 6.07) is 7.66. The summed E-state index contributed by atoms with van der Waals surface area (Å²) in [5.74, 6) is 5.40. The molecule has 0 bridgehead atoms. The average molecular weight is 221 g/mol. The number of amides is 1. The molecule has 0 heterocycles. The van der Waals surface area contributed by atoms with Crippen LogP contribution < -0.4 is 11.2 Å². The van der Waals surface area contributed by atoms with E-state index in [1.54, 1.807) is 12.1 Å². The third-order valence-electron chi connectivity index (χ3n) is 2.35. The van der Waals surface area contributed by atoms with E-state index in [0.717, 1.165) is 6.42 Å². The maximum atomic E-state index is 11.7. The monoisotopic (exact) mass is 221 g/mol. The number of hydrazine groups is 1. The number of hydrogen-bond acceptors (Lipinski definition) is 3. The number of aryl methyl sites for hydroxylation is 1. The van der Waals surface area contributed by atoms with Gasteiger partial charge < -0.3 is 5.32 Å². The SMILES string of the molecule is CCc1cccc(C(=O)NCCN(C)N)c1. The zero-order valence-electron chi connectivity index (χ0n) is 9.86. The molecule has 0 spiro atoms. The number of nitrogens with two attached hydrogens (primary N) is 1. The first-order chi connectivity index (χ1) is 7.63. The topological polar surface area (TPSA) is 58.4 Å². The highest BCUT2D eigenvalue weighted by Gasteiger charge is 2.04. The van der Waals surface area contributed by atoms with Gasteiger partial charge in [-0.15, -0.1) is 0 Å². The van der Waals surface area contributed by atoms with Crippen molar-refractivity contribution in [1.29, 1.82) is 0 Å². The Balaban J connectivity index is 2.52. The summed E-state index contributed by atoms with van der Waals surface area (Å²) < 4.78 is 0. The Morgan fingerprint density at radius 2 is 2.25 bits per heavy atom. The van der Waals surface area contributed by atoms with Crippen LogP contribution in [0.2, 0.25) is 0 Å². The van der Waals surface area contributed by atoms with Crippen molar-refractivity contribution in [2.45, 2.75) is 13.3 Å². The molecule has 0 aromatic heterocycles. The third-order valence-corrected chi connectivity index (χ3v) is 2.35. The molecule has 0 saturated carbocycles. The van der Waals surface area contributed by atoms with Crippen molar-refractivity contribution in [2.24, 2.45) is 5.84 Å². The Kier molecular flexibility index (Phi) is 4.95. The molecule has 0 aliphatic carbocycles. The lowest BCUT2D eigenvalue weighted by Gasteiger charge is -2.10. The van der Waals surface area contributed by atoms with E-state index in [9.17, 15) is 4.79 Å². The molecule has 0 unspecified atom stereocenters. The largest absolute Gasteiger partial charge is 0.351 e. The average Bonchev–Trinajstić information content (AvgIpc) is 2.28. The van der Waals surface area contributed by atoms with Crippen molar-refractivity contribution >= 4 is 5.91 Å². The molecule has 1 aromatic rings. The number of benzene rings is 1. The minimum absolute atomic E-state index is 0.0443. The minimum atomic E-state index is -0.0443.